The monoisotopic (exact) mass is 489 g/mol. The Morgan fingerprint density at radius 3 is 0.643 bits per heavy atom. The molecule has 0 atom stereocenters. The lowest BCUT2D eigenvalue weighted by Gasteiger charge is -2.07. The zero-order chi connectivity index (χ0) is 22.0. The predicted octanol–water partition coefficient (Wildman–Crippen LogP) is 3.10. The Balaban J connectivity index is -0.000000152. The maximum atomic E-state index is 10.5. The molecule has 0 bridgehead atoms. The smallest absolute Gasteiger partial charge is 0.302 e. The van der Waals surface area contributed by atoms with Crippen LogP contribution in [0.25, 0.3) is 0 Å². The molecule has 12 nitrogen and oxygen atoms in total. The zero-order valence-electron chi connectivity index (χ0n) is 17.2. The van der Waals surface area contributed by atoms with Crippen LogP contribution in [-0.4, -0.2) is 71.7 Å². The second-order valence-electron chi connectivity index (χ2n) is 3.91. The van der Waals surface area contributed by atoms with E-state index in [9.17, 15) is 13.7 Å². The van der Waals surface area contributed by atoms with E-state index in [0.29, 0.717) is 0 Å². The lowest BCUT2D eigenvalue weighted by molar-refractivity contribution is 0.160. The molecule has 0 spiro atoms. The third-order valence-corrected chi connectivity index (χ3v) is 5.26. The first-order valence-corrected chi connectivity index (χ1v) is 12.7. The first kappa shape index (κ1) is 36.2. The molecule has 3 radical (unpaired) electrons. The Morgan fingerprint density at radius 2 is 0.571 bits per heavy atom. The molecule has 0 amide bonds. The molecule has 0 aliphatic carbocycles. The van der Waals surface area contributed by atoms with Crippen LogP contribution >= 0.6 is 23.5 Å². The standard InChI is InChI=1S/3C4H11O4P.Al/c3*1-3-7-9(5,6)8-4-2;/h3*3-4H2,1-2H3,(H,5,6);. The van der Waals surface area contributed by atoms with E-state index in [0.717, 1.165) is 0 Å². The minimum absolute atomic E-state index is 0. The van der Waals surface area contributed by atoms with Crippen molar-refractivity contribution in [2.24, 2.45) is 0 Å². The van der Waals surface area contributed by atoms with E-state index in [1.54, 1.807) is 41.5 Å². The Morgan fingerprint density at radius 1 is 0.464 bits per heavy atom. The Kier molecular flexibility index (Phi) is 27.3. The average molecular weight is 489 g/mol. The fourth-order valence-electron chi connectivity index (χ4n) is 1.09. The normalized spacial score (nSPS) is 11.5. The summed E-state index contributed by atoms with van der Waals surface area (Å²) in [5.41, 5.74) is 0. The number of hydrogen-bond acceptors (Lipinski definition) is 9. The van der Waals surface area contributed by atoms with Crippen molar-refractivity contribution in [2.75, 3.05) is 39.6 Å². The van der Waals surface area contributed by atoms with Crippen LogP contribution in [0.1, 0.15) is 41.5 Å². The molecule has 0 aliphatic rings. The molecule has 16 heteroatoms. The van der Waals surface area contributed by atoms with Crippen molar-refractivity contribution in [3.05, 3.63) is 0 Å². The fourth-order valence-corrected chi connectivity index (χ4v) is 3.27. The molecule has 171 valence electrons. The van der Waals surface area contributed by atoms with E-state index in [1.165, 1.54) is 0 Å². The molecule has 0 rings (SSSR count). The summed E-state index contributed by atoms with van der Waals surface area (Å²) in [5, 5.41) is 0. The van der Waals surface area contributed by atoms with Crippen LogP contribution in [0, 0.1) is 0 Å². The molecule has 0 fully saturated rings. The van der Waals surface area contributed by atoms with Crippen LogP contribution in [-0.2, 0) is 40.8 Å². The number of hydrogen-bond donors (Lipinski definition) is 3. The molecule has 3 N–H and O–H groups in total. The molecule has 0 saturated carbocycles. The molecule has 28 heavy (non-hydrogen) atoms. The summed E-state index contributed by atoms with van der Waals surface area (Å²) in [6.07, 6.45) is 0. The maximum absolute atomic E-state index is 10.5. The first-order valence-electron chi connectivity index (χ1n) is 8.22. The van der Waals surface area contributed by atoms with Gasteiger partial charge in [-0.25, -0.2) is 13.7 Å². The van der Waals surface area contributed by atoms with Crippen molar-refractivity contribution in [3.8, 4) is 0 Å². The highest BCUT2D eigenvalue weighted by molar-refractivity contribution is 7.47. The third kappa shape index (κ3) is 29.1. The van der Waals surface area contributed by atoms with E-state index in [-0.39, 0.29) is 57.0 Å². The number of phosphoric ester groups is 3. The van der Waals surface area contributed by atoms with E-state index >= 15 is 0 Å². The molecular formula is C12H33AlO12P3. The van der Waals surface area contributed by atoms with E-state index in [2.05, 4.69) is 27.1 Å². The summed E-state index contributed by atoms with van der Waals surface area (Å²) in [4.78, 5) is 25.9. The predicted molar refractivity (Wildman–Crippen MR) is 105 cm³/mol. The SMILES string of the molecule is CCOP(=O)(O)OCC.CCOP(=O)(O)OCC.CCOP(=O)(O)OCC.[Al]. The van der Waals surface area contributed by atoms with Gasteiger partial charge in [0.05, 0.1) is 39.6 Å². The number of phosphoric acid groups is 3. The molecule has 0 unspecified atom stereocenters. The highest BCUT2D eigenvalue weighted by atomic mass is 31.2. The molecule has 0 aromatic rings. The van der Waals surface area contributed by atoms with Crippen LogP contribution in [0.2, 0.25) is 0 Å². The van der Waals surface area contributed by atoms with Gasteiger partial charge in [0, 0.05) is 17.4 Å². The van der Waals surface area contributed by atoms with Crippen molar-refractivity contribution in [1.82, 2.24) is 0 Å². The van der Waals surface area contributed by atoms with Crippen molar-refractivity contribution < 1.29 is 55.5 Å². The van der Waals surface area contributed by atoms with Crippen LogP contribution in [0.3, 0.4) is 0 Å². The summed E-state index contributed by atoms with van der Waals surface area (Å²) < 4.78 is 57.7. The molecule has 0 aliphatic heterocycles. The van der Waals surface area contributed by atoms with Crippen molar-refractivity contribution in [2.45, 2.75) is 41.5 Å². The molecule has 0 aromatic heterocycles. The molecule has 0 heterocycles. The van der Waals surface area contributed by atoms with Gasteiger partial charge in [0.25, 0.3) is 0 Å². The number of rotatable bonds is 12. The highest BCUT2D eigenvalue weighted by Gasteiger charge is 2.18. The molecule has 0 saturated heterocycles. The summed E-state index contributed by atoms with van der Waals surface area (Å²) in [5.74, 6) is 0. The van der Waals surface area contributed by atoms with Gasteiger partial charge >= 0.3 is 23.5 Å². The maximum Gasteiger partial charge on any atom is 0.472 e. The van der Waals surface area contributed by atoms with Crippen LogP contribution in [0.15, 0.2) is 0 Å². The highest BCUT2D eigenvalue weighted by Crippen LogP contribution is 2.43. The lowest BCUT2D eigenvalue weighted by atomic mass is 10.9. The van der Waals surface area contributed by atoms with Gasteiger partial charge in [0.15, 0.2) is 0 Å². The van der Waals surface area contributed by atoms with Gasteiger partial charge in [-0.2, -0.15) is 0 Å². The van der Waals surface area contributed by atoms with Gasteiger partial charge < -0.3 is 14.7 Å². The van der Waals surface area contributed by atoms with Crippen LogP contribution < -0.4 is 0 Å². The van der Waals surface area contributed by atoms with Crippen molar-refractivity contribution >= 4 is 40.8 Å². The first-order chi connectivity index (χ1) is 12.4. The van der Waals surface area contributed by atoms with Crippen LogP contribution in [0.4, 0.5) is 0 Å². The summed E-state index contributed by atoms with van der Waals surface area (Å²) in [7, 11) is -11.1. The Bertz CT molecular complexity index is 382. The summed E-state index contributed by atoms with van der Waals surface area (Å²) in [6, 6.07) is 0. The van der Waals surface area contributed by atoms with Gasteiger partial charge in [-0.3, -0.25) is 27.1 Å². The van der Waals surface area contributed by atoms with Gasteiger partial charge in [0.2, 0.25) is 0 Å². The Hall–Kier alpha value is 0.862. The topological polar surface area (TPSA) is 167 Å². The average Bonchev–Trinajstić information content (AvgIpc) is 2.47. The zero-order valence-corrected chi connectivity index (χ0v) is 21.0. The fraction of sp³-hybridized carbons (Fsp3) is 1.00. The molecular weight excluding hydrogens is 456 g/mol. The van der Waals surface area contributed by atoms with E-state index < -0.39 is 23.5 Å². The van der Waals surface area contributed by atoms with Gasteiger partial charge in [-0.05, 0) is 41.5 Å². The third-order valence-electron chi connectivity index (χ3n) is 1.75. The van der Waals surface area contributed by atoms with E-state index in [4.69, 9.17) is 14.7 Å². The van der Waals surface area contributed by atoms with Crippen molar-refractivity contribution in [1.29, 1.82) is 0 Å². The molecule has 0 aromatic carbocycles. The minimum atomic E-state index is -3.69. The van der Waals surface area contributed by atoms with Gasteiger partial charge in [0.1, 0.15) is 0 Å². The Labute approximate surface area is 177 Å². The quantitative estimate of drug-likeness (QED) is 0.271. The largest absolute Gasteiger partial charge is 0.472 e. The van der Waals surface area contributed by atoms with Gasteiger partial charge in [-0.15, -0.1) is 0 Å². The van der Waals surface area contributed by atoms with Gasteiger partial charge in [-0.1, -0.05) is 0 Å². The second-order valence-corrected chi connectivity index (χ2v) is 8.27. The minimum Gasteiger partial charge on any atom is -0.302 e. The van der Waals surface area contributed by atoms with Crippen molar-refractivity contribution in [3.63, 3.8) is 0 Å². The summed E-state index contributed by atoms with van der Waals surface area (Å²) >= 11 is 0. The van der Waals surface area contributed by atoms with Crippen LogP contribution in [0.5, 0.6) is 0 Å². The second kappa shape index (κ2) is 21.1. The lowest BCUT2D eigenvalue weighted by Crippen LogP contribution is -1.93. The summed E-state index contributed by atoms with van der Waals surface area (Å²) in [6.45, 7) is 10.9. The van der Waals surface area contributed by atoms with E-state index in [1.807, 2.05) is 0 Å².